The Morgan fingerprint density at radius 1 is 0.848 bits per heavy atom. The summed E-state index contributed by atoms with van der Waals surface area (Å²) in [6.45, 7) is 1.36. The van der Waals surface area contributed by atoms with Crippen molar-refractivity contribution in [1.82, 2.24) is 8.87 Å². The number of nitrogens with zero attached hydrogens (tertiary/aromatic N) is 2. The number of hydrogen-bond donors (Lipinski definition) is 0. The van der Waals surface area contributed by atoms with Crippen LogP contribution in [0.1, 0.15) is 29.7 Å². The minimum atomic E-state index is -4.58. The van der Waals surface area contributed by atoms with E-state index in [-0.39, 0.29) is 18.6 Å². The van der Waals surface area contributed by atoms with Crippen molar-refractivity contribution in [3.8, 4) is 23.0 Å². The van der Waals surface area contributed by atoms with Crippen molar-refractivity contribution in [2.24, 2.45) is 0 Å². The molecule has 13 heteroatoms. The highest BCUT2D eigenvalue weighted by Gasteiger charge is 2.33. The molecule has 0 N–H and O–H groups in total. The van der Waals surface area contributed by atoms with Crippen LogP contribution in [0.3, 0.4) is 0 Å². The van der Waals surface area contributed by atoms with Gasteiger partial charge in [-0.15, -0.1) is 0 Å². The van der Waals surface area contributed by atoms with Gasteiger partial charge in [-0.3, -0.25) is 4.57 Å². The molecule has 0 spiro atoms. The van der Waals surface area contributed by atoms with Gasteiger partial charge in [0.15, 0.2) is 11.4 Å². The molecule has 0 bridgehead atoms. The molecule has 0 fully saturated rings. The second kappa shape index (κ2) is 13.6. The number of sulfonamides is 1. The molecule has 1 atom stereocenters. The number of halogens is 2. The monoisotopic (exact) mass is 714 g/mol. The maximum atomic E-state index is 16.3. The summed E-state index contributed by atoms with van der Waals surface area (Å²) in [5.41, 5.74) is 1.41. The van der Waals surface area contributed by atoms with Gasteiger partial charge in [0.25, 0.3) is 0 Å². The van der Waals surface area contributed by atoms with Crippen LogP contribution in [-0.2, 0) is 23.1 Å². The van der Waals surface area contributed by atoms with Crippen LogP contribution in [0.4, 0.5) is 4.39 Å². The fourth-order valence-corrected chi connectivity index (χ4v) is 7.35. The van der Waals surface area contributed by atoms with E-state index >= 15 is 4.39 Å². The number of ether oxygens (including phenoxy) is 4. The summed E-state index contributed by atoms with van der Waals surface area (Å²) in [5, 5.41) is 0. The van der Waals surface area contributed by atoms with Gasteiger partial charge < -0.3 is 23.4 Å². The summed E-state index contributed by atoms with van der Waals surface area (Å²) in [6, 6.07) is 19.2. The maximum absolute atomic E-state index is 16.3. The molecule has 0 radical (unpaired) electrons. The van der Waals surface area contributed by atoms with Crippen molar-refractivity contribution in [2.75, 3.05) is 28.4 Å². The molecule has 1 heterocycles. The highest BCUT2D eigenvalue weighted by Crippen LogP contribution is 2.35. The third-order valence-electron chi connectivity index (χ3n) is 7.73. The van der Waals surface area contributed by atoms with Gasteiger partial charge in [0.2, 0.25) is 10.0 Å². The van der Waals surface area contributed by atoms with Gasteiger partial charge in [-0.1, -0.05) is 46.3 Å². The van der Waals surface area contributed by atoms with Crippen LogP contribution in [0.2, 0.25) is 0 Å². The molecule has 4 aromatic carbocycles. The topological polar surface area (TPSA) is 109 Å². The normalized spacial score (nSPS) is 12.3. The Labute approximate surface area is 274 Å². The van der Waals surface area contributed by atoms with Crippen molar-refractivity contribution in [2.45, 2.75) is 31.0 Å². The van der Waals surface area contributed by atoms with E-state index in [1.54, 1.807) is 43.3 Å². The molecule has 0 aliphatic carbocycles. The molecule has 1 aromatic heterocycles. The molecule has 0 aliphatic rings. The predicted molar refractivity (Wildman–Crippen MR) is 174 cm³/mol. The van der Waals surface area contributed by atoms with Crippen LogP contribution < -0.4 is 24.7 Å². The third-order valence-corrected chi connectivity index (χ3v) is 10.3. The summed E-state index contributed by atoms with van der Waals surface area (Å²) in [7, 11) is 1.35. The van der Waals surface area contributed by atoms with Gasteiger partial charge in [-0.25, -0.2) is 17.6 Å². The van der Waals surface area contributed by atoms with Gasteiger partial charge in [0, 0.05) is 40.8 Å². The van der Waals surface area contributed by atoms with E-state index in [0.29, 0.717) is 34.1 Å². The molecule has 46 heavy (non-hydrogen) atoms. The molecule has 0 amide bonds. The Balaban J connectivity index is 1.63. The Morgan fingerprint density at radius 3 is 1.93 bits per heavy atom. The first-order valence-corrected chi connectivity index (χ1v) is 16.3. The molecule has 0 aliphatic heterocycles. The van der Waals surface area contributed by atoms with Gasteiger partial charge >= 0.3 is 5.76 Å². The van der Waals surface area contributed by atoms with Gasteiger partial charge in [-0.2, -0.15) is 4.31 Å². The summed E-state index contributed by atoms with van der Waals surface area (Å²) >= 11 is 3.49. The standard InChI is InChI=1S/C33H32BrFN2O8S/c1-20(25-8-6-7-9-26(25)34)37-27-14-15-30(31(35)32(27)45-33(37)38)46(39,40)36(18-21-10-12-23(41-2)16-28(21)43-4)19-22-11-13-24(42-3)17-29(22)44-5/h6-17,20H,18-19H2,1-5H3/t20-/m1/s1. The smallest absolute Gasteiger partial charge is 0.420 e. The number of methoxy groups -OCH3 is 4. The molecule has 10 nitrogen and oxygen atoms in total. The largest absolute Gasteiger partial charge is 0.497 e. The highest BCUT2D eigenvalue weighted by molar-refractivity contribution is 9.10. The van der Waals surface area contributed by atoms with Gasteiger partial charge in [0.1, 0.15) is 27.9 Å². The van der Waals surface area contributed by atoms with Crippen LogP contribution in [0.25, 0.3) is 11.1 Å². The molecular weight excluding hydrogens is 683 g/mol. The molecule has 5 aromatic rings. The highest BCUT2D eigenvalue weighted by atomic mass is 79.9. The molecule has 242 valence electrons. The zero-order chi connectivity index (χ0) is 33.2. The van der Waals surface area contributed by atoms with Crippen molar-refractivity contribution >= 4 is 37.1 Å². The van der Waals surface area contributed by atoms with E-state index in [1.807, 2.05) is 24.3 Å². The lowest BCUT2D eigenvalue weighted by Gasteiger charge is -2.25. The first-order valence-electron chi connectivity index (χ1n) is 14.0. The van der Waals surface area contributed by atoms with Crippen molar-refractivity contribution in [3.63, 3.8) is 0 Å². The van der Waals surface area contributed by atoms with Crippen LogP contribution in [-0.4, -0.2) is 45.7 Å². The SMILES string of the molecule is COc1ccc(CN(Cc2ccc(OC)cc2OC)S(=O)(=O)c2ccc3c(oc(=O)n3[C@H](C)c3ccccc3Br)c2F)c(OC)c1. The second-order valence-corrected chi connectivity index (χ2v) is 13.1. The van der Waals surface area contributed by atoms with Crippen molar-refractivity contribution < 1.29 is 36.2 Å². The molecule has 0 unspecified atom stereocenters. The second-order valence-electron chi connectivity index (χ2n) is 10.3. The Kier molecular flexibility index (Phi) is 9.75. The average Bonchev–Trinajstić information content (AvgIpc) is 3.41. The summed E-state index contributed by atoms with van der Waals surface area (Å²) in [4.78, 5) is 12.4. The van der Waals surface area contributed by atoms with E-state index in [4.69, 9.17) is 23.4 Å². The molecule has 0 saturated heterocycles. The van der Waals surface area contributed by atoms with E-state index in [2.05, 4.69) is 15.9 Å². The quantitative estimate of drug-likeness (QED) is 0.144. The molecular formula is C33H32BrFN2O8S. The van der Waals surface area contributed by atoms with Crippen molar-refractivity contribution in [3.05, 3.63) is 110 Å². The number of fused-ring (bicyclic) bond motifs is 1. The first kappa shape index (κ1) is 33.0. The van der Waals surface area contributed by atoms with Crippen molar-refractivity contribution in [1.29, 1.82) is 0 Å². The van der Waals surface area contributed by atoms with Gasteiger partial charge in [-0.05, 0) is 42.8 Å². The van der Waals surface area contributed by atoms with Gasteiger partial charge in [0.05, 0.1) is 40.0 Å². The lowest BCUT2D eigenvalue weighted by atomic mass is 10.1. The zero-order valence-electron chi connectivity index (χ0n) is 25.7. The lowest BCUT2D eigenvalue weighted by molar-refractivity contribution is 0.357. The fraction of sp³-hybridized carbons (Fsp3) is 0.242. The Hall–Kier alpha value is -4.33. The van der Waals surface area contributed by atoms with Crippen LogP contribution >= 0.6 is 15.9 Å². The molecule has 0 saturated carbocycles. The first-order chi connectivity index (χ1) is 22.0. The lowest BCUT2D eigenvalue weighted by Crippen LogP contribution is -2.31. The molecule has 5 rings (SSSR count). The Morgan fingerprint density at radius 2 is 1.41 bits per heavy atom. The van der Waals surface area contributed by atoms with E-state index in [9.17, 15) is 13.2 Å². The van der Waals surface area contributed by atoms with Crippen LogP contribution in [0.15, 0.2) is 91.4 Å². The maximum Gasteiger partial charge on any atom is 0.420 e. The summed E-state index contributed by atoms with van der Waals surface area (Å²) in [5.74, 6) is -0.225. The van der Waals surface area contributed by atoms with E-state index < -0.39 is 38.1 Å². The number of hydrogen-bond acceptors (Lipinski definition) is 8. The van der Waals surface area contributed by atoms with E-state index in [1.165, 1.54) is 39.1 Å². The van der Waals surface area contributed by atoms with Crippen LogP contribution in [0, 0.1) is 5.82 Å². The number of oxazole rings is 1. The average molecular weight is 716 g/mol. The third kappa shape index (κ3) is 6.22. The predicted octanol–water partition coefficient (Wildman–Crippen LogP) is 6.53. The minimum Gasteiger partial charge on any atom is -0.497 e. The fourth-order valence-electron chi connectivity index (χ4n) is 5.28. The number of aromatic nitrogens is 1. The minimum absolute atomic E-state index is 0.116. The van der Waals surface area contributed by atoms with E-state index in [0.717, 1.165) is 20.4 Å². The Bertz CT molecular complexity index is 2000. The number of rotatable bonds is 12. The summed E-state index contributed by atoms with van der Waals surface area (Å²) < 4.78 is 75.1. The summed E-state index contributed by atoms with van der Waals surface area (Å²) in [6.07, 6.45) is 0. The zero-order valence-corrected chi connectivity index (χ0v) is 28.1. The van der Waals surface area contributed by atoms with Crippen LogP contribution in [0.5, 0.6) is 23.0 Å². The number of benzene rings is 4.